The second-order valence-electron chi connectivity index (χ2n) is 36.5. The lowest BCUT2D eigenvalue weighted by molar-refractivity contribution is -0.208. The van der Waals surface area contributed by atoms with Crippen LogP contribution in [0, 0.1) is 120 Å². The molecule has 25 rings (SSSR count). The summed E-state index contributed by atoms with van der Waals surface area (Å²) in [6, 6.07) is 26.2. The molecule has 0 aromatic heterocycles. The van der Waals surface area contributed by atoms with Gasteiger partial charge in [-0.15, -0.1) is 5.92 Å². The smallest absolute Gasteiger partial charge is 0.307 e. The van der Waals surface area contributed by atoms with E-state index in [-0.39, 0.29) is 57.7 Å². The molecule has 6 heterocycles. The van der Waals surface area contributed by atoms with E-state index in [0.717, 1.165) is 101 Å². The topological polar surface area (TPSA) is 122 Å². The predicted octanol–water partition coefficient (Wildman–Crippen LogP) is 16.4. The van der Waals surface area contributed by atoms with Gasteiger partial charge in [0, 0.05) is 64.3 Å². The van der Waals surface area contributed by atoms with E-state index in [4.69, 9.17) is 0 Å². The van der Waals surface area contributed by atoms with Crippen LogP contribution in [0.1, 0.15) is 207 Å². The van der Waals surface area contributed by atoms with Crippen molar-refractivity contribution in [1.82, 2.24) is 10.6 Å². The van der Waals surface area contributed by atoms with E-state index < -0.39 is 51.2 Å². The standard InChI is InChI=1S/C91H102N2O5/c1-84-65-30-36-88-40-39-85(47-63-42-60-25-22-55-14-5-7-17-67(55)69(60)44-64(63)48-85)76(88)31-38-90(84)72(82(97)98)28-26-62(53-94)66(54-12-3-2-4-13-54)19-10-41-92-79-29-27-61(52-93-79)58-24-21-56-20-23-57-16-9-34-87-35-11-33-86-49-71-73(45-59-15-6-8-18-68(59)81(71)80(57)70(56)43-58)89(83(86)87,37-32-77(87)95)74(46-65)75(50-86)91(84,88)51-78(90)96/h5-8,11,14-15,17-18,20-21,23-24,27,29,31,33,38,43,45,49,53-54,57,60,63-66,69,72-73,76-78,80,83,92-96H,2-4,10,12-13,19,22,25-26,28,30,32,34-37,39-42,44,46-48,50-52H2,1H3,(H,97,98). The Bertz CT molecular complexity index is 4440. The van der Waals surface area contributed by atoms with Crippen LogP contribution in [0.25, 0.3) is 23.3 Å². The minimum Gasteiger partial charge on any atom is -0.516 e. The van der Waals surface area contributed by atoms with Crippen molar-refractivity contribution in [2.75, 3.05) is 13.1 Å². The Morgan fingerprint density at radius 2 is 1.62 bits per heavy atom. The first kappa shape index (κ1) is 60.4. The minimum absolute atomic E-state index is 0.0326. The maximum absolute atomic E-state index is 15.5. The van der Waals surface area contributed by atoms with Crippen LogP contribution in [0.4, 0.5) is 0 Å². The van der Waals surface area contributed by atoms with Crippen molar-refractivity contribution < 1.29 is 25.2 Å². The molecule has 22 unspecified atom stereocenters. The fourth-order valence-corrected chi connectivity index (χ4v) is 30.8. The average Bonchev–Trinajstić information content (AvgIpc) is 1.35. The van der Waals surface area contributed by atoms with Crippen molar-refractivity contribution >= 4 is 29.3 Å². The third-order valence-electron chi connectivity index (χ3n) is 34.0. The van der Waals surface area contributed by atoms with Gasteiger partial charge in [0.1, 0.15) is 0 Å². The first-order chi connectivity index (χ1) is 47.8. The largest absolute Gasteiger partial charge is 0.516 e. The number of hydrogen-bond acceptors (Lipinski definition) is 6. The van der Waals surface area contributed by atoms with Gasteiger partial charge >= 0.3 is 5.97 Å². The molecule has 16 aliphatic carbocycles. The maximum Gasteiger partial charge on any atom is 0.307 e. The molecule has 22 atom stereocenters. The molecule has 0 radical (unpaired) electrons. The summed E-state index contributed by atoms with van der Waals surface area (Å²) in [6.07, 6.45) is 51.8. The zero-order chi connectivity index (χ0) is 65.5. The van der Waals surface area contributed by atoms with E-state index in [1.807, 2.05) is 0 Å². The summed E-state index contributed by atoms with van der Waals surface area (Å²) in [5.41, 5.74) is 12.1. The van der Waals surface area contributed by atoms with Gasteiger partial charge in [0.2, 0.25) is 0 Å². The Hall–Kier alpha value is -6.33. The van der Waals surface area contributed by atoms with Crippen molar-refractivity contribution in [2.24, 2.45) is 108 Å². The zero-order valence-corrected chi connectivity index (χ0v) is 57.9. The molecule has 3 aromatic carbocycles. The quantitative estimate of drug-likeness (QED) is 0.0859. The molecule has 7 fully saturated rings. The molecule has 6 aliphatic heterocycles. The number of aryl methyl sites for hydroxylation is 1. The van der Waals surface area contributed by atoms with Crippen LogP contribution in [0.15, 0.2) is 150 Å². The van der Waals surface area contributed by atoms with Crippen LogP contribution in [-0.2, 0) is 11.2 Å². The van der Waals surface area contributed by atoms with Crippen LogP contribution in [-0.4, -0.2) is 51.7 Å². The van der Waals surface area contributed by atoms with Gasteiger partial charge in [0.15, 0.2) is 0 Å². The highest BCUT2D eigenvalue weighted by atomic mass is 16.4. The highest BCUT2D eigenvalue weighted by Crippen LogP contribution is 2.92. The third-order valence-corrected chi connectivity index (χ3v) is 34.0. The van der Waals surface area contributed by atoms with Crippen molar-refractivity contribution in [2.45, 2.75) is 198 Å². The van der Waals surface area contributed by atoms with E-state index in [1.54, 1.807) is 22.3 Å². The molecule has 98 heavy (non-hydrogen) atoms. The lowest BCUT2D eigenvalue weighted by Gasteiger charge is -2.77. The van der Waals surface area contributed by atoms with Gasteiger partial charge in [-0.1, -0.05) is 165 Å². The van der Waals surface area contributed by atoms with Crippen LogP contribution >= 0.6 is 0 Å². The molecule has 4 spiro atoms. The highest BCUT2D eigenvalue weighted by molar-refractivity contribution is 5.84. The first-order valence-corrected chi connectivity index (χ1v) is 39.7. The summed E-state index contributed by atoms with van der Waals surface area (Å²) in [5.74, 6) is 11.3. The summed E-state index contributed by atoms with van der Waals surface area (Å²) < 4.78 is 0. The van der Waals surface area contributed by atoms with Crippen LogP contribution < -0.4 is 21.1 Å². The highest BCUT2D eigenvalue weighted by Gasteiger charge is 2.87. The van der Waals surface area contributed by atoms with Crippen LogP contribution in [0.5, 0.6) is 0 Å². The SMILES string of the molecule is CC12C3CCC45CCC6(CC7CC8CCc9ccccc9C8CC7C6)C4C=CC14C(O)CC52C1=C(C3)C23CCC(O)C56CC#CC7C=Cc8ccc(cc8C7C7=c8ccccc8=CC2C7=CC(C=CC5)(C1)C63)C1=CC=C(NCCCC(C2CCCCC2)C(=CO)CCC4C(=O)O)NC1. The Balaban J connectivity index is 0.810. The normalized spacial score (nSPS) is 46.3. The van der Waals surface area contributed by atoms with Gasteiger partial charge < -0.3 is 31.1 Å². The zero-order valence-electron chi connectivity index (χ0n) is 57.9. The first-order valence-electron chi connectivity index (χ1n) is 39.7. The molecule has 3 aromatic rings. The molecule has 7 nitrogen and oxygen atoms in total. The summed E-state index contributed by atoms with van der Waals surface area (Å²) >= 11 is 0. The number of hydrogen-bond donors (Lipinski definition) is 6. The number of aliphatic hydroxyl groups is 3. The average molecular weight is 1300 g/mol. The Labute approximate surface area is 581 Å². The number of fused-ring (bicyclic) bond motifs is 6. The van der Waals surface area contributed by atoms with E-state index >= 15 is 4.79 Å². The summed E-state index contributed by atoms with van der Waals surface area (Å²) in [7, 11) is 0. The number of allylic oxidation sites excluding steroid dienone is 11. The predicted molar refractivity (Wildman–Crippen MR) is 387 cm³/mol. The number of benzene rings is 3. The fraction of sp³-hybridized carbons (Fsp3) is 0.571. The number of dihydropyridines is 1. The summed E-state index contributed by atoms with van der Waals surface area (Å²) in [4.78, 5) is 15.5. The number of nitrogens with one attached hydrogen (secondary N) is 2. The van der Waals surface area contributed by atoms with Crippen molar-refractivity contribution in [3.8, 4) is 11.8 Å². The molecule has 19 bridgehead atoms. The van der Waals surface area contributed by atoms with Gasteiger partial charge in [-0.05, 0) is 277 Å². The molecule has 6 N–H and O–H groups in total. The second-order valence-corrected chi connectivity index (χ2v) is 36.5. The monoisotopic (exact) mass is 1300 g/mol. The van der Waals surface area contributed by atoms with Gasteiger partial charge in [-0.25, -0.2) is 0 Å². The van der Waals surface area contributed by atoms with Crippen molar-refractivity contribution in [3.63, 3.8) is 0 Å². The lowest BCUT2D eigenvalue weighted by Crippen LogP contribution is -2.71. The maximum atomic E-state index is 15.5. The van der Waals surface area contributed by atoms with Gasteiger partial charge in [0.25, 0.3) is 0 Å². The van der Waals surface area contributed by atoms with E-state index in [1.165, 1.54) is 114 Å². The molecule has 506 valence electrons. The number of carbonyl (C=O) groups is 1. The van der Waals surface area contributed by atoms with Gasteiger partial charge in [0.05, 0.1) is 30.2 Å². The number of rotatable bonds is 2. The molecule has 22 aliphatic rings. The molecule has 7 heteroatoms. The van der Waals surface area contributed by atoms with E-state index in [0.29, 0.717) is 55.9 Å². The number of aliphatic hydroxyl groups excluding tert-OH is 3. The molecular formula is C91H102N2O5. The summed E-state index contributed by atoms with van der Waals surface area (Å²) in [6.45, 7) is 4.15. The third kappa shape index (κ3) is 7.50. The number of aliphatic carboxylic acids is 1. The number of carboxylic acids is 1. The number of carboxylic acid groups (broad SMARTS) is 1. The minimum atomic E-state index is -1.06. The van der Waals surface area contributed by atoms with Gasteiger partial charge in [-0.3, -0.25) is 4.79 Å². The van der Waals surface area contributed by atoms with Crippen molar-refractivity contribution in [3.05, 3.63) is 188 Å². The second kappa shape index (κ2) is 21.1. The van der Waals surface area contributed by atoms with Crippen LogP contribution in [0.2, 0.25) is 0 Å². The lowest BCUT2D eigenvalue weighted by atomic mass is 9.26. The Morgan fingerprint density at radius 3 is 2.49 bits per heavy atom. The molecular weight excluding hydrogens is 1200 g/mol. The van der Waals surface area contributed by atoms with Crippen molar-refractivity contribution in [1.29, 1.82) is 0 Å². The Morgan fingerprint density at radius 1 is 0.755 bits per heavy atom. The molecule has 7 saturated carbocycles. The van der Waals surface area contributed by atoms with Crippen LogP contribution in [0.3, 0.4) is 0 Å². The van der Waals surface area contributed by atoms with E-state index in [9.17, 15) is 20.4 Å². The Kier molecular flexibility index (Phi) is 13.0. The molecule has 0 saturated heterocycles. The summed E-state index contributed by atoms with van der Waals surface area (Å²) in [5, 5.41) is 62.9. The van der Waals surface area contributed by atoms with E-state index in [2.05, 4.69) is 157 Å². The fourth-order valence-electron chi connectivity index (χ4n) is 30.8. The van der Waals surface area contributed by atoms with Gasteiger partial charge in [-0.2, -0.15) is 0 Å². The molecule has 0 amide bonds.